The first-order valence-corrected chi connectivity index (χ1v) is 10.4. The monoisotopic (exact) mass is 453 g/mol. The van der Waals surface area contributed by atoms with Gasteiger partial charge in [-0.2, -0.15) is 5.26 Å². The van der Waals surface area contributed by atoms with Gasteiger partial charge in [0.15, 0.2) is 6.61 Å². The van der Waals surface area contributed by atoms with Gasteiger partial charge in [-0.05, 0) is 79.8 Å². The summed E-state index contributed by atoms with van der Waals surface area (Å²) < 4.78 is 52.9. The highest BCUT2D eigenvalue weighted by molar-refractivity contribution is 5.71. The van der Waals surface area contributed by atoms with Gasteiger partial charge < -0.3 is 9.47 Å². The van der Waals surface area contributed by atoms with Crippen LogP contribution in [0.2, 0.25) is 0 Å². The minimum atomic E-state index is -0.634. The van der Waals surface area contributed by atoms with Crippen molar-refractivity contribution >= 4 is 5.97 Å². The van der Waals surface area contributed by atoms with Crippen molar-refractivity contribution in [2.45, 2.75) is 32.8 Å². The van der Waals surface area contributed by atoms with Gasteiger partial charge in [0.05, 0.1) is 6.10 Å². The van der Waals surface area contributed by atoms with Gasteiger partial charge in [-0.25, -0.2) is 18.0 Å². The summed E-state index contributed by atoms with van der Waals surface area (Å²) in [4.78, 5) is 11.7. The zero-order chi connectivity index (χ0) is 24.0. The van der Waals surface area contributed by atoms with Gasteiger partial charge in [0.2, 0.25) is 0 Å². The molecule has 3 aromatic rings. The predicted octanol–water partition coefficient (Wildman–Crippen LogP) is 5.76. The Kier molecular flexibility index (Phi) is 7.73. The minimum Gasteiger partial charge on any atom is -0.481 e. The zero-order valence-corrected chi connectivity index (χ0v) is 18.2. The second-order valence-electron chi connectivity index (χ2n) is 7.65. The first-order valence-electron chi connectivity index (χ1n) is 10.4. The number of esters is 1. The second kappa shape index (κ2) is 10.7. The third-order valence-electron chi connectivity index (χ3n) is 4.89. The van der Waals surface area contributed by atoms with E-state index in [-0.39, 0.29) is 35.8 Å². The molecule has 0 unspecified atom stereocenters. The van der Waals surface area contributed by atoms with Crippen LogP contribution in [0.4, 0.5) is 13.2 Å². The molecule has 0 spiro atoms. The lowest BCUT2D eigenvalue weighted by Gasteiger charge is -2.13. The fourth-order valence-electron chi connectivity index (χ4n) is 3.40. The molecule has 7 heteroatoms. The normalized spacial score (nSPS) is 10.7. The van der Waals surface area contributed by atoms with Gasteiger partial charge in [-0.3, -0.25) is 0 Å². The molecule has 0 bridgehead atoms. The first kappa shape index (κ1) is 23.9. The fraction of sp³-hybridized carbons (Fsp3) is 0.231. The maximum atomic E-state index is 14.5. The Morgan fingerprint density at radius 1 is 0.970 bits per heavy atom. The van der Waals surface area contributed by atoms with Gasteiger partial charge in [0, 0.05) is 5.56 Å². The minimum absolute atomic E-state index is 0.0197. The molecule has 4 nitrogen and oxygen atoms in total. The van der Waals surface area contributed by atoms with Crippen LogP contribution in [0.25, 0.3) is 11.1 Å². The Hall–Kier alpha value is -3.79. The number of rotatable bonds is 8. The summed E-state index contributed by atoms with van der Waals surface area (Å²) in [6.07, 6.45) is -0.205. The van der Waals surface area contributed by atoms with E-state index in [1.165, 1.54) is 24.3 Å². The molecule has 0 N–H and O–H groups in total. The van der Waals surface area contributed by atoms with Crippen LogP contribution in [0.3, 0.4) is 0 Å². The lowest BCUT2D eigenvalue weighted by Crippen LogP contribution is -2.19. The van der Waals surface area contributed by atoms with Crippen molar-refractivity contribution in [1.82, 2.24) is 0 Å². The Morgan fingerprint density at radius 3 is 2.39 bits per heavy atom. The summed E-state index contributed by atoms with van der Waals surface area (Å²) in [5.74, 6) is -2.10. The summed E-state index contributed by atoms with van der Waals surface area (Å²) in [6.45, 7) is 2.95. The van der Waals surface area contributed by atoms with Crippen LogP contribution in [0.5, 0.6) is 5.75 Å². The lowest BCUT2D eigenvalue weighted by atomic mass is 9.96. The molecule has 0 aliphatic heterocycles. The molecule has 0 fully saturated rings. The fourth-order valence-corrected chi connectivity index (χ4v) is 3.40. The van der Waals surface area contributed by atoms with E-state index in [0.29, 0.717) is 16.7 Å². The van der Waals surface area contributed by atoms with E-state index in [1.807, 2.05) is 6.07 Å². The predicted molar refractivity (Wildman–Crippen MR) is 117 cm³/mol. The molecular weight excluding hydrogens is 431 g/mol. The highest BCUT2D eigenvalue weighted by atomic mass is 19.1. The molecule has 0 saturated carbocycles. The third kappa shape index (κ3) is 6.13. The van der Waals surface area contributed by atoms with Crippen LogP contribution >= 0.6 is 0 Å². The van der Waals surface area contributed by atoms with Crippen LogP contribution < -0.4 is 4.74 Å². The number of aryl methyl sites for hydroxylation is 1. The van der Waals surface area contributed by atoms with E-state index in [0.717, 1.165) is 6.07 Å². The van der Waals surface area contributed by atoms with E-state index in [1.54, 1.807) is 38.1 Å². The van der Waals surface area contributed by atoms with Gasteiger partial charge in [0.1, 0.15) is 34.8 Å². The van der Waals surface area contributed by atoms with Crippen molar-refractivity contribution in [3.8, 4) is 22.9 Å². The van der Waals surface area contributed by atoms with Crippen molar-refractivity contribution < 1.29 is 27.4 Å². The van der Waals surface area contributed by atoms with Gasteiger partial charge in [0.25, 0.3) is 0 Å². The number of carbonyl (C=O) groups is 1. The quantitative estimate of drug-likeness (QED) is 0.407. The van der Waals surface area contributed by atoms with Crippen molar-refractivity contribution in [2.24, 2.45) is 0 Å². The van der Waals surface area contributed by atoms with E-state index in [4.69, 9.17) is 9.47 Å². The number of halogens is 3. The topological polar surface area (TPSA) is 59.3 Å². The molecule has 0 heterocycles. The molecule has 0 radical (unpaired) electrons. The zero-order valence-electron chi connectivity index (χ0n) is 18.2. The van der Waals surface area contributed by atoms with Crippen molar-refractivity contribution in [3.05, 3.63) is 88.7 Å². The maximum absolute atomic E-state index is 14.5. The van der Waals surface area contributed by atoms with E-state index < -0.39 is 30.0 Å². The molecule has 3 rings (SSSR count). The van der Waals surface area contributed by atoms with Crippen LogP contribution in [-0.4, -0.2) is 18.7 Å². The summed E-state index contributed by atoms with van der Waals surface area (Å²) in [7, 11) is 0. The second-order valence-corrected chi connectivity index (χ2v) is 7.65. The average molecular weight is 453 g/mol. The summed E-state index contributed by atoms with van der Waals surface area (Å²) in [5.41, 5.74) is 1.50. The lowest BCUT2D eigenvalue weighted by molar-refractivity contribution is -0.149. The molecule has 0 aromatic heterocycles. The molecule has 0 atom stereocenters. The first-order chi connectivity index (χ1) is 15.8. The van der Waals surface area contributed by atoms with E-state index in [2.05, 4.69) is 0 Å². The SMILES string of the molecule is CC(C)OC(=O)COc1ccc(F)c(CCc2cc(-c3cccc(F)c3)ccc2F)c1C#N. The average Bonchev–Trinajstić information content (AvgIpc) is 2.77. The number of nitrogens with zero attached hydrogens (tertiary/aromatic N) is 1. The van der Waals surface area contributed by atoms with Crippen LogP contribution in [0, 0.1) is 28.8 Å². The Bertz CT molecular complexity index is 1200. The third-order valence-corrected chi connectivity index (χ3v) is 4.89. The number of hydrogen-bond acceptors (Lipinski definition) is 4. The summed E-state index contributed by atoms with van der Waals surface area (Å²) in [5, 5.41) is 9.58. The highest BCUT2D eigenvalue weighted by Gasteiger charge is 2.17. The van der Waals surface area contributed by atoms with Crippen molar-refractivity contribution in [3.63, 3.8) is 0 Å². The number of carbonyl (C=O) groups excluding carboxylic acids is 1. The molecular formula is C26H22F3NO3. The van der Waals surface area contributed by atoms with Crippen LogP contribution in [0.15, 0.2) is 54.6 Å². The van der Waals surface area contributed by atoms with Crippen LogP contribution in [0.1, 0.15) is 30.5 Å². The summed E-state index contributed by atoms with van der Waals surface area (Å²) >= 11 is 0. The Balaban J connectivity index is 1.82. The Morgan fingerprint density at radius 2 is 1.70 bits per heavy atom. The number of hydrogen-bond donors (Lipinski definition) is 0. The Labute approximate surface area is 190 Å². The smallest absolute Gasteiger partial charge is 0.344 e. The van der Waals surface area contributed by atoms with Gasteiger partial charge in [-0.1, -0.05) is 18.2 Å². The standard InChI is InChI=1S/C26H22F3NO3/c1-16(2)33-26(31)15-32-25-11-10-24(29)21(22(25)14-30)8-6-19-12-18(7-9-23(19)28)17-4-3-5-20(27)13-17/h3-5,7,9-13,16H,6,8,15H2,1-2H3. The molecule has 0 aliphatic carbocycles. The largest absolute Gasteiger partial charge is 0.481 e. The number of nitriles is 1. The highest BCUT2D eigenvalue weighted by Crippen LogP contribution is 2.28. The molecule has 0 amide bonds. The number of benzene rings is 3. The maximum Gasteiger partial charge on any atom is 0.344 e. The van der Waals surface area contributed by atoms with Crippen molar-refractivity contribution in [1.29, 1.82) is 5.26 Å². The summed E-state index contributed by atoms with van der Waals surface area (Å²) in [6, 6.07) is 14.6. The van der Waals surface area contributed by atoms with Crippen molar-refractivity contribution in [2.75, 3.05) is 6.61 Å². The molecule has 170 valence electrons. The molecule has 0 saturated heterocycles. The molecule has 33 heavy (non-hydrogen) atoms. The van der Waals surface area contributed by atoms with E-state index >= 15 is 0 Å². The number of ether oxygens (including phenoxy) is 2. The van der Waals surface area contributed by atoms with Gasteiger partial charge in [-0.15, -0.1) is 0 Å². The molecule has 3 aromatic carbocycles. The molecule has 0 aliphatic rings. The van der Waals surface area contributed by atoms with E-state index in [9.17, 15) is 23.2 Å². The van der Waals surface area contributed by atoms with Crippen LogP contribution in [-0.2, 0) is 22.4 Å². The van der Waals surface area contributed by atoms with Gasteiger partial charge >= 0.3 is 5.97 Å².